The normalized spacial score (nSPS) is 10.6. The summed E-state index contributed by atoms with van der Waals surface area (Å²) in [5.41, 5.74) is 2.80. The summed E-state index contributed by atoms with van der Waals surface area (Å²) in [6.07, 6.45) is 3.40. The first kappa shape index (κ1) is 23.3. The first-order valence-electron chi connectivity index (χ1n) is 10.9. The fourth-order valence-electron chi connectivity index (χ4n) is 3.29. The number of hydrogen-bond acceptors (Lipinski definition) is 5. The summed E-state index contributed by atoms with van der Waals surface area (Å²) >= 11 is 5.96. The van der Waals surface area contributed by atoms with Crippen LogP contribution in [0.5, 0.6) is 0 Å². The summed E-state index contributed by atoms with van der Waals surface area (Å²) < 4.78 is 11.1. The van der Waals surface area contributed by atoms with Gasteiger partial charge in [0.15, 0.2) is 5.76 Å². The number of benzene rings is 3. The zero-order chi connectivity index (χ0) is 23.9. The van der Waals surface area contributed by atoms with Gasteiger partial charge in [-0.05, 0) is 67.1 Å². The molecule has 0 bridgehead atoms. The summed E-state index contributed by atoms with van der Waals surface area (Å²) in [7, 11) is 0. The number of unbranched alkanes of at least 4 members (excludes halogenated alkanes) is 1. The van der Waals surface area contributed by atoms with E-state index in [1.54, 1.807) is 60.8 Å². The van der Waals surface area contributed by atoms with E-state index >= 15 is 0 Å². The quantitative estimate of drug-likeness (QED) is 0.222. The minimum atomic E-state index is -0.378. The number of halogens is 1. The third-order valence-electron chi connectivity index (χ3n) is 5.15. The van der Waals surface area contributed by atoms with Gasteiger partial charge in [-0.2, -0.15) is 0 Å². The molecule has 4 aromatic rings. The zero-order valence-electron chi connectivity index (χ0n) is 18.6. The van der Waals surface area contributed by atoms with Gasteiger partial charge in [-0.15, -0.1) is 0 Å². The lowest BCUT2D eigenvalue weighted by atomic mass is 10.1. The molecule has 1 aromatic heterocycles. The van der Waals surface area contributed by atoms with E-state index in [1.807, 2.05) is 25.1 Å². The van der Waals surface area contributed by atoms with Crippen LogP contribution in [0.15, 0.2) is 83.4 Å². The molecule has 1 N–H and O–H groups in total. The van der Waals surface area contributed by atoms with E-state index in [0.717, 1.165) is 18.4 Å². The summed E-state index contributed by atoms with van der Waals surface area (Å²) in [5, 5.41) is 3.49. The van der Waals surface area contributed by atoms with Gasteiger partial charge >= 0.3 is 5.97 Å². The van der Waals surface area contributed by atoms with Crippen molar-refractivity contribution in [3.63, 3.8) is 0 Å². The first-order chi connectivity index (χ1) is 16.5. The number of carbonyl (C=O) groups excluding carboxylic acids is 2. The summed E-state index contributed by atoms with van der Waals surface area (Å²) in [4.78, 5) is 29.5. The lowest BCUT2D eigenvalue weighted by Gasteiger charge is -2.09. The number of aromatic nitrogens is 1. The summed E-state index contributed by atoms with van der Waals surface area (Å²) in [6.45, 7) is 2.43. The Morgan fingerprint density at radius 2 is 1.74 bits per heavy atom. The number of anilines is 1. The number of ether oxygens (including phenoxy) is 1. The topological polar surface area (TPSA) is 81.4 Å². The van der Waals surface area contributed by atoms with E-state index in [4.69, 9.17) is 20.8 Å². The highest BCUT2D eigenvalue weighted by atomic mass is 35.5. The van der Waals surface area contributed by atoms with Crippen LogP contribution in [-0.2, 0) is 4.74 Å². The lowest BCUT2D eigenvalue weighted by Crippen LogP contribution is -2.13. The standard InChI is InChI=1S/C27H23ClN2O4/c1-2-3-16-33-27(32)19-10-14-21(15-11-19)30-25(31)22-6-4-5-7-23(22)26-29-17-24(34-26)18-8-12-20(28)13-9-18/h4-15,17H,2-3,16H2,1H3,(H,30,31). The minimum Gasteiger partial charge on any atom is -0.462 e. The van der Waals surface area contributed by atoms with E-state index in [9.17, 15) is 9.59 Å². The number of amides is 1. The Morgan fingerprint density at radius 3 is 2.47 bits per heavy atom. The average molecular weight is 475 g/mol. The second kappa shape index (κ2) is 10.8. The molecule has 1 heterocycles. The predicted molar refractivity (Wildman–Crippen MR) is 132 cm³/mol. The molecule has 0 radical (unpaired) electrons. The second-order valence-corrected chi connectivity index (χ2v) is 8.04. The Bertz CT molecular complexity index is 1280. The van der Waals surface area contributed by atoms with Gasteiger partial charge in [0.25, 0.3) is 5.91 Å². The van der Waals surface area contributed by atoms with Gasteiger partial charge in [0.2, 0.25) is 5.89 Å². The molecule has 0 aliphatic carbocycles. The third-order valence-corrected chi connectivity index (χ3v) is 5.40. The number of hydrogen-bond donors (Lipinski definition) is 1. The maximum Gasteiger partial charge on any atom is 0.338 e. The first-order valence-corrected chi connectivity index (χ1v) is 11.3. The van der Waals surface area contributed by atoms with Gasteiger partial charge in [0, 0.05) is 21.8 Å². The van der Waals surface area contributed by atoms with Crippen molar-refractivity contribution in [2.45, 2.75) is 19.8 Å². The molecular formula is C27H23ClN2O4. The summed E-state index contributed by atoms with van der Waals surface area (Å²) in [5.74, 6) is 0.210. The van der Waals surface area contributed by atoms with Gasteiger partial charge in [0.1, 0.15) is 0 Å². The molecule has 6 nitrogen and oxygen atoms in total. The number of esters is 1. The van der Waals surface area contributed by atoms with E-state index in [0.29, 0.717) is 45.7 Å². The highest BCUT2D eigenvalue weighted by molar-refractivity contribution is 6.30. The van der Waals surface area contributed by atoms with Crippen molar-refractivity contribution in [2.75, 3.05) is 11.9 Å². The number of carbonyl (C=O) groups is 2. The van der Waals surface area contributed by atoms with Gasteiger partial charge in [0.05, 0.1) is 23.9 Å². The average Bonchev–Trinajstić information content (AvgIpc) is 3.35. The molecule has 172 valence electrons. The molecule has 1 amide bonds. The van der Waals surface area contributed by atoms with Gasteiger partial charge in [-0.25, -0.2) is 9.78 Å². The third kappa shape index (κ3) is 5.53. The van der Waals surface area contributed by atoms with Crippen molar-refractivity contribution in [1.82, 2.24) is 4.98 Å². The molecule has 0 spiro atoms. The molecule has 4 rings (SSSR count). The van der Waals surface area contributed by atoms with Gasteiger partial charge in [-0.3, -0.25) is 4.79 Å². The fourth-order valence-corrected chi connectivity index (χ4v) is 3.42. The Morgan fingerprint density at radius 1 is 1.00 bits per heavy atom. The largest absolute Gasteiger partial charge is 0.462 e. The zero-order valence-corrected chi connectivity index (χ0v) is 19.3. The maximum atomic E-state index is 13.0. The van der Waals surface area contributed by atoms with Gasteiger partial charge in [-0.1, -0.05) is 37.1 Å². The van der Waals surface area contributed by atoms with E-state index in [-0.39, 0.29) is 11.9 Å². The Kier molecular flexibility index (Phi) is 7.40. The minimum absolute atomic E-state index is 0.319. The molecule has 0 aliphatic rings. The molecule has 7 heteroatoms. The molecule has 0 unspecified atom stereocenters. The molecule has 0 atom stereocenters. The maximum absolute atomic E-state index is 13.0. The van der Waals surface area contributed by atoms with Gasteiger partial charge < -0.3 is 14.5 Å². The molecule has 3 aromatic carbocycles. The van der Waals surface area contributed by atoms with Crippen LogP contribution in [0.2, 0.25) is 5.02 Å². The number of nitrogens with one attached hydrogen (secondary N) is 1. The number of nitrogens with zero attached hydrogens (tertiary/aromatic N) is 1. The van der Waals surface area contributed by atoms with Crippen molar-refractivity contribution >= 4 is 29.2 Å². The van der Waals surface area contributed by atoms with Crippen molar-refractivity contribution in [1.29, 1.82) is 0 Å². The smallest absolute Gasteiger partial charge is 0.338 e. The fraction of sp³-hybridized carbons (Fsp3) is 0.148. The highest BCUT2D eigenvalue weighted by Crippen LogP contribution is 2.29. The highest BCUT2D eigenvalue weighted by Gasteiger charge is 2.17. The molecule has 34 heavy (non-hydrogen) atoms. The van der Waals surface area contributed by atoms with Crippen molar-refractivity contribution < 1.29 is 18.7 Å². The summed E-state index contributed by atoms with van der Waals surface area (Å²) in [6, 6.07) is 20.9. The van der Waals surface area contributed by atoms with E-state index in [1.165, 1.54) is 0 Å². The van der Waals surface area contributed by atoms with Crippen LogP contribution in [0.1, 0.15) is 40.5 Å². The van der Waals surface area contributed by atoms with Crippen molar-refractivity contribution in [2.24, 2.45) is 0 Å². The van der Waals surface area contributed by atoms with Crippen LogP contribution >= 0.6 is 11.6 Å². The van der Waals surface area contributed by atoms with E-state index in [2.05, 4.69) is 10.3 Å². The number of rotatable bonds is 8. The monoisotopic (exact) mass is 474 g/mol. The molecule has 0 saturated carbocycles. The molecule has 0 fully saturated rings. The molecule has 0 saturated heterocycles. The van der Waals surface area contributed by atoms with Crippen LogP contribution < -0.4 is 5.32 Å². The van der Waals surface area contributed by atoms with Crippen molar-refractivity contribution in [3.05, 3.63) is 95.1 Å². The molecular weight excluding hydrogens is 452 g/mol. The Hall–Kier alpha value is -3.90. The second-order valence-electron chi connectivity index (χ2n) is 7.60. The van der Waals surface area contributed by atoms with Crippen molar-refractivity contribution in [3.8, 4) is 22.8 Å². The van der Waals surface area contributed by atoms with E-state index < -0.39 is 0 Å². The Labute approximate surface area is 202 Å². The van der Waals surface area contributed by atoms with Crippen LogP contribution in [0, 0.1) is 0 Å². The Balaban J connectivity index is 1.49. The number of oxazole rings is 1. The van der Waals surface area contributed by atoms with Crippen LogP contribution in [0.25, 0.3) is 22.8 Å². The lowest BCUT2D eigenvalue weighted by molar-refractivity contribution is 0.0499. The van der Waals surface area contributed by atoms with Crippen LogP contribution in [0.4, 0.5) is 5.69 Å². The van der Waals surface area contributed by atoms with Crippen LogP contribution in [-0.4, -0.2) is 23.5 Å². The van der Waals surface area contributed by atoms with Crippen LogP contribution in [0.3, 0.4) is 0 Å². The molecule has 0 aliphatic heterocycles. The predicted octanol–water partition coefficient (Wildman–Crippen LogP) is 6.87. The SMILES string of the molecule is CCCCOC(=O)c1ccc(NC(=O)c2ccccc2-c2ncc(-c3ccc(Cl)cc3)o2)cc1.